The molecule has 0 aliphatic carbocycles. The molecule has 1 amide bonds. The van der Waals surface area contributed by atoms with Gasteiger partial charge >= 0.3 is 0 Å². The minimum absolute atomic E-state index is 0.0338. The number of nitrogens with one attached hydrogen (secondary N) is 1. The van der Waals surface area contributed by atoms with E-state index < -0.39 is 0 Å². The van der Waals surface area contributed by atoms with Gasteiger partial charge in [-0.3, -0.25) is 4.79 Å². The molecule has 0 atom stereocenters. The second-order valence-electron chi connectivity index (χ2n) is 8.63. The molecule has 0 bridgehead atoms. The molecule has 0 saturated carbocycles. The summed E-state index contributed by atoms with van der Waals surface area (Å²) in [7, 11) is 0. The Labute approximate surface area is 186 Å². The molecule has 5 heteroatoms. The van der Waals surface area contributed by atoms with Gasteiger partial charge in [-0.15, -0.1) is 11.3 Å². The monoisotopic (exact) mass is 430 g/mol. The van der Waals surface area contributed by atoms with Crippen LogP contribution in [0.15, 0.2) is 66.7 Å². The normalized spacial score (nSPS) is 11.5. The molecular formula is C26H26N2O2S. The number of ether oxygens (including phenoxy) is 1. The van der Waals surface area contributed by atoms with Crippen LogP contribution in [0.4, 0.5) is 5.69 Å². The molecule has 1 N–H and O–H groups in total. The topological polar surface area (TPSA) is 51.2 Å². The number of carbonyl (C=O) groups is 1. The van der Waals surface area contributed by atoms with Crippen molar-refractivity contribution < 1.29 is 9.53 Å². The maximum Gasteiger partial charge on any atom is 0.262 e. The Bertz CT molecular complexity index is 1190. The predicted octanol–water partition coefficient (Wildman–Crippen LogP) is 6.59. The van der Waals surface area contributed by atoms with Crippen LogP contribution in [0.3, 0.4) is 0 Å². The number of fused-ring (bicyclic) bond motifs is 1. The van der Waals surface area contributed by atoms with Gasteiger partial charge in [-0.1, -0.05) is 45.0 Å². The Morgan fingerprint density at radius 3 is 2.45 bits per heavy atom. The summed E-state index contributed by atoms with van der Waals surface area (Å²) in [5, 5.41) is 3.92. The molecule has 3 aromatic carbocycles. The van der Waals surface area contributed by atoms with Crippen molar-refractivity contribution in [2.24, 2.45) is 0 Å². The highest BCUT2D eigenvalue weighted by Gasteiger charge is 2.14. The maximum atomic E-state index is 12.4. The first kappa shape index (κ1) is 21.1. The highest BCUT2D eigenvalue weighted by Crippen LogP contribution is 2.32. The predicted molar refractivity (Wildman–Crippen MR) is 129 cm³/mol. The third-order valence-electron chi connectivity index (χ3n) is 5.13. The van der Waals surface area contributed by atoms with Crippen molar-refractivity contribution in [1.82, 2.24) is 4.98 Å². The molecule has 4 nitrogen and oxygen atoms in total. The van der Waals surface area contributed by atoms with E-state index in [2.05, 4.69) is 38.2 Å². The molecule has 0 spiro atoms. The number of anilines is 1. The zero-order valence-electron chi connectivity index (χ0n) is 18.2. The summed E-state index contributed by atoms with van der Waals surface area (Å²) in [6, 6.07) is 22.0. The Kier molecular flexibility index (Phi) is 5.79. The lowest BCUT2D eigenvalue weighted by molar-refractivity contribution is -0.118. The number of benzene rings is 3. The van der Waals surface area contributed by atoms with Crippen molar-refractivity contribution in [3.05, 3.63) is 77.9 Å². The fourth-order valence-electron chi connectivity index (χ4n) is 3.32. The van der Waals surface area contributed by atoms with Gasteiger partial charge in [-0.2, -0.15) is 0 Å². The lowest BCUT2D eigenvalue weighted by Gasteiger charge is -2.19. The van der Waals surface area contributed by atoms with Gasteiger partial charge in [-0.25, -0.2) is 4.98 Å². The number of para-hydroxylation sites is 1. The van der Waals surface area contributed by atoms with Crippen LogP contribution in [0.1, 0.15) is 31.9 Å². The van der Waals surface area contributed by atoms with Gasteiger partial charge in [0.1, 0.15) is 10.8 Å². The van der Waals surface area contributed by atoms with Crippen molar-refractivity contribution >= 4 is 33.1 Å². The van der Waals surface area contributed by atoms with Crippen LogP contribution >= 0.6 is 11.3 Å². The summed E-state index contributed by atoms with van der Waals surface area (Å²) in [6.45, 7) is 8.45. The molecule has 0 fully saturated rings. The van der Waals surface area contributed by atoms with Crippen LogP contribution in [0, 0.1) is 6.92 Å². The molecule has 4 rings (SSSR count). The lowest BCUT2D eigenvalue weighted by Crippen LogP contribution is -2.20. The van der Waals surface area contributed by atoms with Gasteiger partial charge < -0.3 is 10.1 Å². The number of hydrogen-bond donors (Lipinski definition) is 1. The van der Waals surface area contributed by atoms with E-state index in [1.807, 2.05) is 61.5 Å². The Balaban J connectivity index is 1.39. The number of amides is 1. The highest BCUT2D eigenvalue weighted by atomic mass is 32.1. The minimum Gasteiger partial charge on any atom is -0.484 e. The highest BCUT2D eigenvalue weighted by molar-refractivity contribution is 7.21. The number of nitrogens with zero attached hydrogens (tertiary/aromatic N) is 1. The smallest absolute Gasteiger partial charge is 0.262 e. The van der Waals surface area contributed by atoms with E-state index >= 15 is 0 Å². The summed E-state index contributed by atoms with van der Waals surface area (Å²) in [6.07, 6.45) is 0. The van der Waals surface area contributed by atoms with Gasteiger partial charge in [-0.05, 0) is 65.9 Å². The molecule has 0 aliphatic rings. The van der Waals surface area contributed by atoms with Crippen molar-refractivity contribution in [2.75, 3.05) is 11.9 Å². The Hall–Kier alpha value is -3.18. The quantitative estimate of drug-likeness (QED) is 0.389. The molecule has 0 unspecified atom stereocenters. The van der Waals surface area contributed by atoms with E-state index in [0.29, 0.717) is 5.75 Å². The second-order valence-corrected chi connectivity index (χ2v) is 9.66. The van der Waals surface area contributed by atoms with Gasteiger partial charge in [0.05, 0.1) is 10.2 Å². The van der Waals surface area contributed by atoms with E-state index in [1.165, 1.54) is 10.3 Å². The number of aromatic nitrogens is 1. The minimum atomic E-state index is -0.185. The average Bonchev–Trinajstić information content (AvgIpc) is 3.18. The Morgan fingerprint density at radius 2 is 1.77 bits per heavy atom. The lowest BCUT2D eigenvalue weighted by atomic mass is 9.87. The van der Waals surface area contributed by atoms with Crippen LogP contribution in [0.2, 0.25) is 0 Å². The first-order chi connectivity index (χ1) is 14.8. The van der Waals surface area contributed by atoms with E-state index in [4.69, 9.17) is 9.72 Å². The number of aryl methyl sites for hydroxylation is 1. The maximum absolute atomic E-state index is 12.4. The van der Waals surface area contributed by atoms with Crippen LogP contribution in [0.25, 0.3) is 20.8 Å². The van der Waals surface area contributed by atoms with Crippen LogP contribution in [-0.4, -0.2) is 17.5 Å². The molecule has 4 aromatic rings. The van der Waals surface area contributed by atoms with Crippen LogP contribution in [-0.2, 0) is 10.2 Å². The molecule has 0 saturated heterocycles. The molecule has 31 heavy (non-hydrogen) atoms. The molecule has 0 aliphatic heterocycles. The summed E-state index contributed by atoms with van der Waals surface area (Å²) in [5.41, 5.74) is 5.14. The molecule has 0 radical (unpaired) electrons. The first-order valence-electron chi connectivity index (χ1n) is 10.3. The zero-order chi connectivity index (χ0) is 22.0. The first-order valence-corrected chi connectivity index (χ1v) is 11.1. The summed E-state index contributed by atoms with van der Waals surface area (Å²) in [4.78, 5) is 17.1. The molecule has 158 valence electrons. The van der Waals surface area contributed by atoms with Crippen molar-refractivity contribution in [1.29, 1.82) is 0 Å². The second kappa shape index (κ2) is 8.52. The van der Waals surface area contributed by atoms with Crippen LogP contribution < -0.4 is 10.1 Å². The SMILES string of the molecule is Cc1cc(-c2nc3ccccc3s2)ccc1NC(=O)COc1ccc(C(C)(C)C)cc1. The fraction of sp³-hybridized carbons (Fsp3) is 0.231. The van der Waals surface area contributed by atoms with Gasteiger partial charge in [0.2, 0.25) is 0 Å². The summed E-state index contributed by atoms with van der Waals surface area (Å²) >= 11 is 1.67. The van der Waals surface area contributed by atoms with Gasteiger partial charge in [0.15, 0.2) is 6.61 Å². The summed E-state index contributed by atoms with van der Waals surface area (Å²) < 4.78 is 6.82. The summed E-state index contributed by atoms with van der Waals surface area (Å²) in [5.74, 6) is 0.502. The number of carbonyl (C=O) groups excluding carboxylic acids is 1. The van der Waals surface area contributed by atoms with Crippen molar-refractivity contribution in [3.63, 3.8) is 0 Å². The third kappa shape index (κ3) is 4.94. The zero-order valence-corrected chi connectivity index (χ0v) is 19.0. The standard InChI is InChI=1S/C26H26N2O2S/c1-17-15-18(25-28-22-7-5-6-8-23(22)31-25)9-14-21(17)27-24(29)16-30-20-12-10-19(11-13-20)26(2,3)4/h5-15H,16H2,1-4H3,(H,27,29). The van der Waals surface area contributed by atoms with Gasteiger partial charge in [0.25, 0.3) is 5.91 Å². The Morgan fingerprint density at radius 1 is 1.03 bits per heavy atom. The molecular weight excluding hydrogens is 404 g/mol. The van der Waals surface area contributed by atoms with Gasteiger partial charge in [0, 0.05) is 11.3 Å². The molecule has 1 heterocycles. The largest absolute Gasteiger partial charge is 0.484 e. The van der Waals surface area contributed by atoms with E-state index in [1.54, 1.807) is 11.3 Å². The third-order valence-corrected chi connectivity index (χ3v) is 6.22. The van der Waals surface area contributed by atoms with Crippen LogP contribution in [0.5, 0.6) is 5.75 Å². The van der Waals surface area contributed by atoms with Crippen molar-refractivity contribution in [3.8, 4) is 16.3 Å². The van der Waals surface area contributed by atoms with E-state index in [-0.39, 0.29) is 17.9 Å². The number of hydrogen-bond acceptors (Lipinski definition) is 4. The number of rotatable bonds is 5. The molecule has 1 aromatic heterocycles. The van der Waals surface area contributed by atoms with E-state index in [9.17, 15) is 4.79 Å². The van der Waals surface area contributed by atoms with Crippen molar-refractivity contribution in [2.45, 2.75) is 33.1 Å². The average molecular weight is 431 g/mol. The van der Waals surface area contributed by atoms with E-state index in [0.717, 1.165) is 27.3 Å². The number of thiazole rings is 1. The fourth-order valence-corrected chi connectivity index (χ4v) is 4.28.